The Labute approximate surface area is 137 Å². The molecule has 3 aromatic carbocycles. The average molecular weight is 300 g/mol. The van der Waals surface area contributed by atoms with Gasteiger partial charge in [0.1, 0.15) is 0 Å². The van der Waals surface area contributed by atoms with E-state index in [-0.39, 0.29) is 0 Å². The second kappa shape index (κ2) is 6.93. The van der Waals surface area contributed by atoms with Crippen LogP contribution in [0.5, 0.6) is 0 Å². The van der Waals surface area contributed by atoms with Crippen molar-refractivity contribution < 1.29 is 0 Å². The molecule has 0 aliphatic heterocycles. The third-order valence-electron chi connectivity index (χ3n) is 3.70. The van der Waals surface area contributed by atoms with Gasteiger partial charge >= 0.3 is 0 Å². The number of para-hydroxylation sites is 1. The highest BCUT2D eigenvalue weighted by Crippen LogP contribution is 2.20. The van der Waals surface area contributed by atoms with Gasteiger partial charge in [-0.15, -0.1) is 0 Å². The Morgan fingerprint density at radius 1 is 0.652 bits per heavy atom. The van der Waals surface area contributed by atoms with Gasteiger partial charge in [-0.05, 0) is 24.3 Å². The fraction of sp³-hybridized carbons (Fsp3) is 0.0952. The van der Waals surface area contributed by atoms with E-state index in [0.29, 0.717) is 0 Å². The lowest BCUT2D eigenvalue weighted by Crippen LogP contribution is -2.09. The van der Waals surface area contributed by atoms with Crippen molar-refractivity contribution in [2.45, 2.75) is 0 Å². The van der Waals surface area contributed by atoms with Crippen molar-refractivity contribution in [3.8, 4) is 0 Å². The molecule has 0 bridgehead atoms. The van der Waals surface area contributed by atoms with E-state index in [0.717, 1.165) is 22.5 Å². The van der Waals surface area contributed by atoms with Crippen molar-refractivity contribution in [1.29, 1.82) is 0 Å². The third-order valence-corrected chi connectivity index (χ3v) is 3.70. The zero-order valence-electron chi connectivity index (χ0n) is 13.5. The van der Waals surface area contributed by atoms with Crippen LogP contribution in [-0.2, 0) is 0 Å². The molecular formula is C21H20N2. The molecule has 0 saturated heterocycles. The second-order valence-corrected chi connectivity index (χ2v) is 5.60. The summed E-state index contributed by atoms with van der Waals surface area (Å²) >= 11 is 0. The average Bonchev–Trinajstić information content (AvgIpc) is 2.61. The molecule has 2 heteroatoms. The zero-order chi connectivity index (χ0) is 16.1. The SMILES string of the molecule is CN(C)c1ccc(C(=Nc2ccccc2)c2ccccc2)cc1. The van der Waals surface area contributed by atoms with Gasteiger partial charge in [0, 0.05) is 30.9 Å². The van der Waals surface area contributed by atoms with Crippen LogP contribution in [0.2, 0.25) is 0 Å². The number of benzene rings is 3. The van der Waals surface area contributed by atoms with Crippen molar-refractivity contribution in [3.63, 3.8) is 0 Å². The van der Waals surface area contributed by atoms with Gasteiger partial charge in [-0.2, -0.15) is 0 Å². The van der Waals surface area contributed by atoms with Gasteiger partial charge < -0.3 is 4.90 Å². The summed E-state index contributed by atoms with van der Waals surface area (Å²) < 4.78 is 0. The smallest absolute Gasteiger partial charge is 0.0781 e. The first kappa shape index (κ1) is 15.0. The van der Waals surface area contributed by atoms with Gasteiger partial charge in [0.2, 0.25) is 0 Å². The molecule has 0 saturated carbocycles. The minimum atomic E-state index is 0.961. The van der Waals surface area contributed by atoms with Crippen LogP contribution < -0.4 is 4.90 Å². The van der Waals surface area contributed by atoms with E-state index >= 15 is 0 Å². The van der Waals surface area contributed by atoms with Crippen LogP contribution in [0.15, 0.2) is 89.9 Å². The van der Waals surface area contributed by atoms with E-state index in [1.165, 1.54) is 5.69 Å². The number of anilines is 1. The molecule has 0 atom stereocenters. The van der Waals surface area contributed by atoms with Crippen molar-refractivity contribution in [3.05, 3.63) is 96.1 Å². The zero-order valence-corrected chi connectivity index (χ0v) is 13.5. The van der Waals surface area contributed by atoms with Crippen molar-refractivity contribution in [2.24, 2.45) is 4.99 Å². The predicted molar refractivity (Wildman–Crippen MR) is 99.0 cm³/mol. The van der Waals surface area contributed by atoms with E-state index in [9.17, 15) is 0 Å². The lowest BCUT2D eigenvalue weighted by Gasteiger charge is -2.14. The molecule has 0 unspecified atom stereocenters. The molecule has 2 nitrogen and oxygen atoms in total. The molecule has 0 aliphatic rings. The molecule has 0 fully saturated rings. The minimum absolute atomic E-state index is 0.961. The Morgan fingerprint density at radius 3 is 1.74 bits per heavy atom. The monoisotopic (exact) mass is 300 g/mol. The molecule has 0 aliphatic carbocycles. The Morgan fingerprint density at radius 2 is 1.17 bits per heavy atom. The lowest BCUT2D eigenvalue weighted by molar-refractivity contribution is 1.13. The van der Waals surface area contributed by atoms with Gasteiger partial charge in [0.15, 0.2) is 0 Å². The first-order valence-electron chi connectivity index (χ1n) is 7.71. The van der Waals surface area contributed by atoms with Gasteiger partial charge in [0.25, 0.3) is 0 Å². The number of aliphatic imine (C=N–C) groups is 1. The minimum Gasteiger partial charge on any atom is -0.378 e. The summed E-state index contributed by atoms with van der Waals surface area (Å²) in [6.07, 6.45) is 0. The molecule has 0 heterocycles. The summed E-state index contributed by atoms with van der Waals surface area (Å²) in [5, 5.41) is 0. The van der Waals surface area contributed by atoms with Crippen molar-refractivity contribution in [1.82, 2.24) is 0 Å². The van der Waals surface area contributed by atoms with E-state index in [1.807, 2.05) is 62.6 Å². The standard InChI is InChI=1S/C21H20N2/c1-23(2)20-15-13-18(14-16-20)21(17-9-5-3-6-10-17)22-19-11-7-4-8-12-19/h3-16H,1-2H3. The van der Waals surface area contributed by atoms with Gasteiger partial charge in [-0.25, -0.2) is 4.99 Å². The molecule has 0 aromatic heterocycles. The molecule has 114 valence electrons. The summed E-state index contributed by atoms with van der Waals surface area (Å²) in [5.74, 6) is 0. The summed E-state index contributed by atoms with van der Waals surface area (Å²) in [6, 6.07) is 28.9. The van der Waals surface area contributed by atoms with E-state index in [4.69, 9.17) is 4.99 Å². The van der Waals surface area contributed by atoms with E-state index in [1.54, 1.807) is 0 Å². The Kier molecular flexibility index (Phi) is 4.53. The van der Waals surface area contributed by atoms with E-state index in [2.05, 4.69) is 41.3 Å². The van der Waals surface area contributed by atoms with Gasteiger partial charge in [-0.3, -0.25) is 0 Å². The number of rotatable bonds is 4. The van der Waals surface area contributed by atoms with Crippen molar-refractivity contribution in [2.75, 3.05) is 19.0 Å². The van der Waals surface area contributed by atoms with Crippen LogP contribution in [0.4, 0.5) is 11.4 Å². The summed E-state index contributed by atoms with van der Waals surface area (Å²) in [4.78, 5) is 6.97. The Bertz CT molecular complexity index is 773. The fourth-order valence-electron chi connectivity index (χ4n) is 2.44. The molecule has 0 radical (unpaired) electrons. The van der Waals surface area contributed by atoms with Gasteiger partial charge in [0.05, 0.1) is 11.4 Å². The van der Waals surface area contributed by atoms with Crippen LogP contribution in [0.25, 0.3) is 0 Å². The number of hydrogen-bond donors (Lipinski definition) is 0. The van der Waals surface area contributed by atoms with Crippen LogP contribution in [0.1, 0.15) is 11.1 Å². The van der Waals surface area contributed by atoms with Crippen LogP contribution in [0.3, 0.4) is 0 Å². The topological polar surface area (TPSA) is 15.6 Å². The fourth-order valence-corrected chi connectivity index (χ4v) is 2.44. The number of nitrogens with zero attached hydrogens (tertiary/aromatic N) is 2. The molecule has 0 N–H and O–H groups in total. The molecule has 0 amide bonds. The second-order valence-electron chi connectivity index (χ2n) is 5.60. The molecule has 23 heavy (non-hydrogen) atoms. The normalized spacial score (nSPS) is 11.3. The first-order chi connectivity index (χ1) is 11.2. The quantitative estimate of drug-likeness (QED) is 0.624. The van der Waals surface area contributed by atoms with Crippen LogP contribution >= 0.6 is 0 Å². The van der Waals surface area contributed by atoms with Crippen LogP contribution in [0, 0.1) is 0 Å². The Hall–Kier alpha value is -2.87. The highest BCUT2D eigenvalue weighted by atomic mass is 15.1. The first-order valence-corrected chi connectivity index (χ1v) is 7.71. The highest BCUT2D eigenvalue weighted by molar-refractivity contribution is 6.14. The van der Waals surface area contributed by atoms with Crippen LogP contribution in [-0.4, -0.2) is 19.8 Å². The largest absolute Gasteiger partial charge is 0.378 e. The number of hydrogen-bond acceptors (Lipinski definition) is 2. The molecule has 3 rings (SSSR count). The third kappa shape index (κ3) is 3.67. The molecule has 0 spiro atoms. The predicted octanol–water partition coefficient (Wildman–Crippen LogP) is 4.92. The van der Waals surface area contributed by atoms with E-state index < -0.39 is 0 Å². The summed E-state index contributed by atoms with van der Waals surface area (Å²) in [5.41, 5.74) is 5.37. The summed E-state index contributed by atoms with van der Waals surface area (Å²) in [6.45, 7) is 0. The van der Waals surface area contributed by atoms with Crippen molar-refractivity contribution >= 4 is 17.1 Å². The summed E-state index contributed by atoms with van der Waals surface area (Å²) in [7, 11) is 4.09. The molecule has 3 aromatic rings. The highest BCUT2D eigenvalue weighted by Gasteiger charge is 2.07. The lowest BCUT2D eigenvalue weighted by atomic mass is 10.0. The maximum atomic E-state index is 4.88. The molecular weight excluding hydrogens is 280 g/mol. The maximum Gasteiger partial charge on any atom is 0.0781 e. The maximum absolute atomic E-state index is 4.88. The van der Waals surface area contributed by atoms with Gasteiger partial charge in [-0.1, -0.05) is 60.7 Å². The Balaban J connectivity index is 2.07.